The fourth-order valence-electron chi connectivity index (χ4n) is 2.75. The van der Waals surface area contributed by atoms with E-state index in [4.69, 9.17) is 9.26 Å². The number of ether oxygens (including phenoxy) is 1. The fraction of sp³-hybridized carbons (Fsp3) is 0.190. The maximum absolute atomic E-state index is 12.2. The van der Waals surface area contributed by atoms with E-state index in [0.29, 0.717) is 25.1 Å². The number of nitrogens with one attached hydrogen (secondary N) is 1. The zero-order chi connectivity index (χ0) is 22.4. The normalized spacial score (nSPS) is 10.5. The summed E-state index contributed by atoms with van der Waals surface area (Å²) in [7, 11) is 0. The Bertz CT molecular complexity index is 1110. The minimum absolute atomic E-state index is 0.0299. The van der Waals surface area contributed by atoms with Crippen LogP contribution in [0.15, 0.2) is 52.2 Å². The summed E-state index contributed by atoms with van der Waals surface area (Å²) in [6.45, 7) is 1.77. The number of amides is 1. The topological polar surface area (TPSA) is 151 Å². The number of phenols is 2. The molecule has 1 aromatic heterocycles. The van der Waals surface area contributed by atoms with Gasteiger partial charge in [0.1, 0.15) is 40.0 Å². The van der Waals surface area contributed by atoms with Crippen LogP contribution in [0.3, 0.4) is 0 Å². The Labute approximate surface area is 176 Å². The average Bonchev–Trinajstić information content (AvgIpc) is 3.21. The van der Waals surface area contributed by atoms with Gasteiger partial charge in [0.2, 0.25) is 0 Å². The molecule has 0 unspecified atom stereocenters. The Morgan fingerprint density at radius 1 is 1.16 bits per heavy atom. The van der Waals surface area contributed by atoms with Crippen molar-refractivity contribution in [3.05, 3.63) is 53.1 Å². The zero-order valence-electron chi connectivity index (χ0n) is 16.5. The summed E-state index contributed by atoms with van der Waals surface area (Å²) in [4.78, 5) is 33.7. The first-order chi connectivity index (χ1) is 14.9. The number of carbonyl (C=O) groups is 2. The molecule has 0 fully saturated rings. The predicted octanol–water partition coefficient (Wildman–Crippen LogP) is 4.04. The van der Waals surface area contributed by atoms with Crippen molar-refractivity contribution in [3.63, 3.8) is 0 Å². The van der Waals surface area contributed by atoms with Gasteiger partial charge in [-0.1, -0.05) is 5.16 Å². The molecule has 2 aromatic carbocycles. The van der Waals surface area contributed by atoms with Crippen LogP contribution in [0.5, 0.6) is 23.0 Å². The quantitative estimate of drug-likeness (QED) is 0.343. The summed E-state index contributed by atoms with van der Waals surface area (Å²) >= 11 is 0. The number of Topliss-reactive ketones (excluding diaryl/α,β-unsaturated/α-hetero) is 1. The van der Waals surface area contributed by atoms with Crippen LogP contribution in [0, 0.1) is 4.91 Å². The van der Waals surface area contributed by atoms with Gasteiger partial charge in [-0.05, 0) is 42.8 Å². The SMILES string of the molecule is CC(=O)CCCNC(=O)c1cc(-c2c(O)cc(O)cc2Oc2ccc(N=O)cc2)on1. The molecule has 160 valence electrons. The van der Waals surface area contributed by atoms with Gasteiger partial charge in [-0.25, -0.2) is 0 Å². The standard InChI is InChI=1S/C21H19N3O7/c1-12(25)3-2-8-22-21(28)16-11-19(31-24-16)20-17(27)9-14(26)10-18(20)30-15-6-4-13(23-29)5-7-15/h4-7,9-11,26-27H,2-3,8H2,1H3,(H,22,28). The Kier molecular flexibility index (Phi) is 6.61. The number of nitroso groups, excluding NO2 is 1. The van der Waals surface area contributed by atoms with E-state index in [9.17, 15) is 24.7 Å². The van der Waals surface area contributed by atoms with E-state index < -0.39 is 5.91 Å². The lowest BCUT2D eigenvalue weighted by Gasteiger charge is -2.11. The van der Waals surface area contributed by atoms with Gasteiger partial charge in [-0.15, -0.1) is 4.91 Å². The number of carbonyl (C=O) groups excluding carboxylic acids is 2. The van der Waals surface area contributed by atoms with Crippen molar-refractivity contribution in [2.24, 2.45) is 5.18 Å². The van der Waals surface area contributed by atoms with E-state index in [1.165, 1.54) is 43.3 Å². The highest BCUT2D eigenvalue weighted by Crippen LogP contribution is 2.43. The predicted molar refractivity (Wildman–Crippen MR) is 109 cm³/mol. The van der Waals surface area contributed by atoms with E-state index in [-0.39, 0.29) is 45.7 Å². The van der Waals surface area contributed by atoms with E-state index in [1.807, 2.05) is 0 Å². The molecule has 0 aliphatic carbocycles. The Morgan fingerprint density at radius 3 is 2.58 bits per heavy atom. The van der Waals surface area contributed by atoms with Gasteiger partial charge in [-0.3, -0.25) is 4.79 Å². The molecule has 0 bridgehead atoms. The minimum atomic E-state index is -0.503. The Morgan fingerprint density at radius 2 is 1.90 bits per heavy atom. The molecule has 31 heavy (non-hydrogen) atoms. The molecule has 3 N–H and O–H groups in total. The third-order valence-electron chi connectivity index (χ3n) is 4.22. The van der Waals surface area contributed by atoms with Crippen molar-refractivity contribution in [2.45, 2.75) is 19.8 Å². The van der Waals surface area contributed by atoms with Gasteiger partial charge >= 0.3 is 0 Å². The van der Waals surface area contributed by atoms with E-state index in [1.54, 1.807) is 0 Å². The second-order valence-corrected chi connectivity index (χ2v) is 6.66. The van der Waals surface area contributed by atoms with Crippen LogP contribution in [0.25, 0.3) is 11.3 Å². The monoisotopic (exact) mass is 425 g/mol. The van der Waals surface area contributed by atoms with Crippen molar-refractivity contribution in [3.8, 4) is 34.3 Å². The number of aromatic hydroxyl groups is 2. The highest BCUT2D eigenvalue weighted by atomic mass is 16.5. The summed E-state index contributed by atoms with van der Waals surface area (Å²) in [5.74, 6) is -0.708. The molecular formula is C21H19N3O7. The molecule has 0 atom stereocenters. The first-order valence-corrected chi connectivity index (χ1v) is 9.29. The van der Waals surface area contributed by atoms with Gasteiger partial charge in [-0.2, -0.15) is 0 Å². The van der Waals surface area contributed by atoms with Gasteiger partial charge in [0, 0.05) is 31.2 Å². The molecule has 3 aromatic rings. The summed E-state index contributed by atoms with van der Waals surface area (Å²) in [5.41, 5.74) is 0.247. The van der Waals surface area contributed by atoms with Gasteiger partial charge in [0.25, 0.3) is 5.91 Å². The lowest BCUT2D eigenvalue weighted by molar-refractivity contribution is -0.117. The molecule has 0 saturated heterocycles. The maximum atomic E-state index is 12.2. The van der Waals surface area contributed by atoms with Crippen LogP contribution in [0.2, 0.25) is 0 Å². The highest BCUT2D eigenvalue weighted by molar-refractivity contribution is 5.93. The minimum Gasteiger partial charge on any atom is -0.508 e. The molecule has 3 rings (SSSR count). The molecule has 10 nitrogen and oxygen atoms in total. The van der Waals surface area contributed by atoms with Gasteiger partial charge in [0.15, 0.2) is 11.5 Å². The Balaban J connectivity index is 1.83. The van der Waals surface area contributed by atoms with Crippen LogP contribution in [-0.2, 0) is 4.79 Å². The molecule has 0 spiro atoms. The summed E-state index contributed by atoms with van der Waals surface area (Å²) in [5, 5.41) is 29.3. The summed E-state index contributed by atoms with van der Waals surface area (Å²) in [6.07, 6.45) is 0.858. The van der Waals surface area contributed by atoms with Crippen molar-refractivity contribution in [1.82, 2.24) is 10.5 Å². The number of ketones is 1. The number of benzene rings is 2. The lowest BCUT2D eigenvalue weighted by atomic mass is 10.1. The third-order valence-corrected chi connectivity index (χ3v) is 4.22. The Hall–Kier alpha value is -4.21. The van der Waals surface area contributed by atoms with Gasteiger partial charge in [0.05, 0.1) is 0 Å². The number of rotatable bonds is 9. The van der Waals surface area contributed by atoms with Crippen molar-refractivity contribution in [1.29, 1.82) is 0 Å². The van der Waals surface area contributed by atoms with Gasteiger partial charge < -0.3 is 29.6 Å². The molecule has 0 radical (unpaired) electrons. The van der Waals surface area contributed by atoms with Crippen molar-refractivity contribution < 1.29 is 29.1 Å². The molecule has 1 heterocycles. The van der Waals surface area contributed by atoms with E-state index >= 15 is 0 Å². The maximum Gasteiger partial charge on any atom is 0.273 e. The second-order valence-electron chi connectivity index (χ2n) is 6.66. The van der Waals surface area contributed by atoms with Crippen molar-refractivity contribution >= 4 is 17.4 Å². The molecule has 1 amide bonds. The molecule has 0 aliphatic heterocycles. The van der Waals surface area contributed by atoms with Crippen LogP contribution >= 0.6 is 0 Å². The smallest absolute Gasteiger partial charge is 0.273 e. The summed E-state index contributed by atoms with van der Waals surface area (Å²) in [6, 6.07) is 9.51. The average molecular weight is 425 g/mol. The second kappa shape index (κ2) is 9.53. The fourth-order valence-corrected chi connectivity index (χ4v) is 2.75. The largest absolute Gasteiger partial charge is 0.508 e. The number of hydrogen-bond donors (Lipinski definition) is 3. The van der Waals surface area contributed by atoms with Crippen LogP contribution < -0.4 is 10.1 Å². The number of hydrogen-bond acceptors (Lipinski definition) is 9. The van der Waals surface area contributed by atoms with Crippen LogP contribution in [0.1, 0.15) is 30.3 Å². The first-order valence-electron chi connectivity index (χ1n) is 9.29. The summed E-state index contributed by atoms with van der Waals surface area (Å²) < 4.78 is 10.9. The first kappa shape index (κ1) is 21.5. The van der Waals surface area contributed by atoms with E-state index in [2.05, 4.69) is 15.7 Å². The third kappa shape index (κ3) is 5.44. The number of aromatic nitrogens is 1. The van der Waals surface area contributed by atoms with Crippen LogP contribution in [-0.4, -0.2) is 33.6 Å². The van der Waals surface area contributed by atoms with E-state index in [0.717, 1.165) is 6.07 Å². The number of phenolic OH excluding ortho intramolecular Hbond substituents is 2. The highest BCUT2D eigenvalue weighted by Gasteiger charge is 2.21. The van der Waals surface area contributed by atoms with Crippen molar-refractivity contribution in [2.75, 3.05) is 6.54 Å². The molecule has 10 heteroatoms. The molecule has 0 aliphatic rings. The molecular weight excluding hydrogens is 406 g/mol. The zero-order valence-corrected chi connectivity index (χ0v) is 16.5. The number of nitrogens with zero attached hydrogens (tertiary/aromatic N) is 2. The van der Waals surface area contributed by atoms with Crippen LogP contribution in [0.4, 0.5) is 5.69 Å². The molecule has 0 saturated carbocycles. The lowest BCUT2D eigenvalue weighted by Crippen LogP contribution is -2.25.